The molecular weight excluding hydrogens is 708 g/mol. The highest BCUT2D eigenvalue weighted by Crippen LogP contribution is 2.72. The Balaban J connectivity index is 0.929. The van der Waals surface area contributed by atoms with E-state index in [0.29, 0.717) is 31.1 Å². The van der Waals surface area contributed by atoms with Crippen molar-refractivity contribution in [1.29, 1.82) is 0 Å². The first-order valence-electron chi connectivity index (χ1n) is 20.1. The molecule has 4 aliphatic carbocycles. The summed E-state index contributed by atoms with van der Waals surface area (Å²) < 4.78 is 36.4. The average Bonchev–Trinajstić information content (AvgIpc) is 3.49. The molecule has 0 bridgehead atoms. The Hall–Kier alpha value is -0.860. The Morgan fingerprint density at radius 3 is 2.24 bits per heavy atom. The lowest BCUT2D eigenvalue weighted by Gasteiger charge is -2.60. The molecule has 4 aliphatic heterocycles. The van der Waals surface area contributed by atoms with Crippen LogP contribution in [0.1, 0.15) is 86.0 Å². The van der Waals surface area contributed by atoms with Crippen LogP contribution in [0.2, 0.25) is 0 Å². The molecule has 8 aliphatic rings. The van der Waals surface area contributed by atoms with Gasteiger partial charge in [0.2, 0.25) is 0 Å². The highest BCUT2D eigenvalue weighted by atomic mass is 16.7. The van der Waals surface area contributed by atoms with E-state index < -0.39 is 109 Å². The van der Waals surface area contributed by atoms with Crippen molar-refractivity contribution in [2.75, 3.05) is 13.2 Å². The second-order valence-electron chi connectivity index (χ2n) is 18.8. The number of aliphatic hydroxyl groups is 9. The van der Waals surface area contributed by atoms with Gasteiger partial charge in [-0.25, -0.2) is 0 Å². The Morgan fingerprint density at radius 2 is 1.54 bits per heavy atom. The molecule has 308 valence electrons. The van der Waals surface area contributed by atoms with E-state index in [4.69, 9.17) is 28.4 Å². The molecule has 0 aromatic carbocycles. The van der Waals surface area contributed by atoms with Gasteiger partial charge in [-0.2, -0.15) is 0 Å². The van der Waals surface area contributed by atoms with Gasteiger partial charge < -0.3 is 74.4 Å². The van der Waals surface area contributed by atoms with Crippen LogP contribution >= 0.6 is 0 Å². The molecule has 0 radical (unpaired) electrons. The predicted octanol–water partition coefficient (Wildman–Crippen LogP) is -0.409. The Kier molecular flexibility index (Phi) is 10.1. The zero-order valence-electron chi connectivity index (χ0n) is 31.9. The van der Waals surface area contributed by atoms with Crippen LogP contribution in [0.5, 0.6) is 0 Å². The normalized spacial score (nSPS) is 60.0. The third-order valence-electron chi connectivity index (χ3n) is 16.0. The fourth-order valence-corrected chi connectivity index (χ4v) is 12.5. The van der Waals surface area contributed by atoms with Crippen molar-refractivity contribution in [2.45, 2.75) is 183 Å². The van der Waals surface area contributed by atoms with Crippen LogP contribution in [-0.4, -0.2) is 156 Å². The molecule has 0 aromatic heterocycles. The minimum atomic E-state index is -1.64. The predicted molar refractivity (Wildman–Crippen MR) is 186 cm³/mol. The summed E-state index contributed by atoms with van der Waals surface area (Å²) in [5.74, 6) is -0.589. The molecule has 4 saturated heterocycles. The monoisotopic (exact) mass is 770 g/mol. The van der Waals surface area contributed by atoms with Gasteiger partial charge in [0.05, 0.1) is 37.6 Å². The molecule has 3 saturated carbocycles. The summed E-state index contributed by atoms with van der Waals surface area (Å²) in [6.07, 6.45) is -7.61. The zero-order valence-corrected chi connectivity index (χ0v) is 31.9. The molecule has 15 nitrogen and oxygen atoms in total. The SMILES string of the molecule is C[C@@H]1O[C@@H](O[C@H]2[C@H](O)[C@@H](O)[C@H](O[C@H]3CC[C@@]4(C)C(=CC[C@@H]5[C@@H]4CC[C@@]4(C)[C@H]5C[C@@H]5O[C@]6(C[C@H](O)[C@](C)(O)CO6)[C@@H](C)[C@@]54O)C3)O[C@@H]2CO)[C@H](O)[C@H](O)[C@H]1O. The van der Waals surface area contributed by atoms with E-state index in [0.717, 1.165) is 25.7 Å². The van der Waals surface area contributed by atoms with Crippen molar-refractivity contribution < 1.29 is 74.4 Å². The summed E-state index contributed by atoms with van der Waals surface area (Å²) in [5, 5.41) is 97.2. The summed E-state index contributed by atoms with van der Waals surface area (Å²) in [5.41, 5.74) is -1.73. The zero-order chi connectivity index (χ0) is 38.9. The topological polar surface area (TPSA) is 237 Å². The smallest absolute Gasteiger partial charge is 0.187 e. The number of ether oxygens (including phenoxy) is 6. The molecule has 8 rings (SSSR count). The maximum atomic E-state index is 12.7. The van der Waals surface area contributed by atoms with E-state index in [1.807, 2.05) is 6.92 Å². The van der Waals surface area contributed by atoms with Crippen LogP contribution in [0.4, 0.5) is 0 Å². The Labute approximate surface area is 316 Å². The fraction of sp³-hybridized carbons (Fsp3) is 0.949. The quantitative estimate of drug-likeness (QED) is 0.162. The molecule has 0 unspecified atom stereocenters. The lowest BCUT2D eigenvalue weighted by Crippen LogP contribution is -2.64. The van der Waals surface area contributed by atoms with Gasteiger partial charge in [-0.1, -0.05) is 32.4 Å². The van der Waals surface area contributed by atoms with Crippen molar-refractivity contribution >= 4 is 0 Å². The van der Waals surface area contributed by atoms with Gasteiger partial charge >= 0.3 is 0 Å². The first-order chi connectivity index (χ1) is 25.3. The summed E-state index contributed by atoms with van der Waals surface area (Å²) >= 11 is 0. The van der Waals surface area contributed by atoms with E-state index in [2.05, 4.69) is 19.9 Å². The van der Waals surface area contributed by atoms with E-state index >= 15 is 0 Å². The van der Waals surface area contributed by atoms with Crippen molar-refractivity contribution in [3.63, 3.8) is 0 Å². The number of aliphatic hydroxyl groups excluding tert-OH is 7. The summed E-state index contributed by atoms with van der Waals surface area (Å²) in [6, 6.07) is 0. The second-order valence-corrected chi connectivity index (χ2v) is 18.8. The summed E-state index contributed by atoms with van der Waals surface area (Å²) in [6.45, 7) is 8.93. The molecule has 54 heavy (non-hydrogen) atoms. The first-order valence-corrected chi connectivity index (χ1v) is 20.1. The first kappa shape index (κ1) is 39.9. The lowest BCUT2D eigenvalue weighted by molar-refractivity contribution is -0.360. The molecule has 15 heteroatoms. The largest absolute Gasteiger partial charge is 0.394 e. The summed E-state index contributed by atoms with van der Waals surface area (Å²) in [4.78, 5) is 0. The van der Waals surface area contributed by atoms with E-state index in [9.17, 15) is 46.0 Å². The fourth-order valence-electron chi connectivity index (χ4n) is 12.5. The maximum Gasteiger partial charge on any atom is 0.187 e. The van der Waals surface area contributed by atoms with Gasteiger partial charge in [0.1, 0.15) is 53.9 Å². The van der Waals surface area contributed by atoms with E-state index in [1.54, 1.807) is 6.92 Å². The van der Waals surface area contributed by atoms with Crippen LogP contribution in [0.25, 0.3) is 0 Å². The highest BCUT2D eigenvalue weighted by Gasteiger charge is 2.77. The molecular formula is C39H62O15. The van der Waals surface area contributed by atoms with Gasteiger partial charge in [0.25, 0.3) is 0 Å². The van der Waals surface area contributed by atoms with Gasteiger partial charge in [-0.15, -0.1) is 0 Å². The van der Waals surface area contributed by atoms with Gasteiger partial charge in [-0.3, -0.25) is 0 Å². The molecule has 4 heterocycles. The van der Waals surface area contributed by atoms with Crippen LogP contribution in [0, 0.1) is 34.5 Å². The van der Waals surface area contributed by atoms with Crippen LogP contribution < -0.4 is 0 Å². The van der Waals surface area contributed by atoms with Crippen molar-refractivity contribution in [2.24, 2.45) is 34.5 Å². The molecule has 0 amide bonds. The van der Waals surface area contributed by atoms with Gasteiger partial charge in [0.15, 0.2) is 18.4 Å². The van der Waals surface area contributed by atoms with Crippen LogP contribution in [0.3, 0.4) is 0 Å². The molecule has 0 aromatic rings. The van der Waals surface area contributed by atoms with Gasteiger partial charge in [-0.05, 0) is 82.0 Å². The maximum absolute atomic E-state index is 12.7. The number of hydrogen-bond donors (Lipinski definition) is 9. The molecule has 1 spiro atoms. The molecule has 22 atom stereocenters. The number of allylic oxidation sites excluding steroid dienone is 1. The van der Waals surface area contributed by atoms with Crippen molar-refractivity contribution in [3.8, 4) is 0 Å². The van der Waals surface area contributed by atoms with Crippen molar-refractivity contribution in [3.05, 3.63) is 11.6 Å². The number of hydrogen-bond acceptors (Lipinski definition) is 15. The van der Waals surface area contributed by atoms with E-state index in [1.165, 1.54) is 12.5 Å². The van der Waals surface area contributed by atoms with Crippen LogP contribution in [0.15, 0.2) is 11.6 Å². The number of fused-ring (bicyclic) bond motifs is 7. The van der Waals surface area contributed by atoms with Gasteiger partial charge in [0, 0.05) is 17.8 Å². The second kappa shape index (κ2) is 13.6. The Bertz CT molecular complexity index is 1440. The highest BCUT2D eigenvalue weighted by molar-refractivity contribution is 5.29. The standard InChI is InChI=1S/C39H62O15/c1-17-27(42)28(43)30(45)33(50-17)53-32-24(15-40)52-34(31(46)29(32)44)51-20-8-10-35(3)19(12-20)6-7-21-22(35)9-11-36(4)23(21)13-26-39(36,48)18(2)38(54-26)14-25(41)37(5,47)16-49-38/h6,17-18,20-34,40-48H,7-16H2,1-5H3/t17-,18+,20-,21+,22-,23-,24+,25-,26-,27-,28+,29+,30+,31+,32+,33-,34+,35-,36-,37+,38+,39+/m0/s1. The number of rotatable bonds is 5. The minimum absolute atomic E-state index is 0.0649. The summed E-state index contributed by atoms with van der Waals surface area (Å²) in [7, 11) is 0. The Morgan fingerprint density at radius 1 is 0.833 bits per heavy atom. The third-order valence-corrected chi connectivity index (χ3v) is 16.0. The van der Waals surface area contributed by atoms with Crippen LogP contribution in [-0.2, 0) is 28.4 Å². The van der Waals surface area contributed by atoms with Crippen molar-refractivity contribution in [1.82, 2.24) is 0 Å². The minimum Gasteiger partial charge on any atom is -0.394 e. The molecule has 9 N–H and O–H groups in total. The lowest BCUT2D eigenvalue weighted by atomic mass is 9.46. The van der Waals surface area contributed by atoms with E-state index in [-0.39, 0.29) is 30.5 Å². The average molecular weight is 771 g/mol. The third kappa shape index (κ3) is 5.70. The molecule has 7 fully saturated rings.